The summed E-state index contributed by atoms with van der Waals surface area (Å²) in [6.07, 6.45) is 10.6. The van der Waals surface area contributed by atoms with E-state index in [0.717, 1.165) is 25.6 Å². The van der Waals surface area contributed by atoms with Crippen LogP contribution < -0.4 is 5.32 Å². The van der Waals surface area contributed by atoms with E-state index in [4.69, 9.17) is 6.42 Å². The van der Waals surface area contributed by atoms with Crippen LogP contribution in [0.2, 0.25) is 0 Å². The normalized spacial score (nSPS) is 22.4. The number of piperidine rings is 1. The molecule has 0 spiro atoms. The Labute approximate surface area is 122 Å². The quantitative estimate of drug-likeness (QED) is 0.826. The van der Waals surface area contributed by atoms with E-state index in [1.165, 1.54) is 31.2 Å². The highest BCUT2D eigenvalue weighted by atomic mass is 15.1. The lowest BCUT2D eigenvalue weighted by molar-refractivity contribution is 0.206. The van der Waals surface area contributed by atoms with E-state index in [1.54, 1.807) is 0 Å². The maximum Gasteiger partial charge on any atom is 0.0598 e. The largest absolute Gasteiger partial charge is 0.307 e. The molecule has 1 N–H and O–H groups in total. The topological polar surface area (TPSA) is 15.3 Å². The molecule has 1 heterocycles. The van der Waals surface area contributed by atoms with E-state index in [9.17, 15) is 0 Å². The highest BCUT2D eigenvalue weighted by Crippen LogP contribution is 2.41. The van der Waals surface area contributed by atoms with Crippen molar-refractivity contribution >= 4 is 0 Å². The molecule has 2 fully saturated rings. The molecule has 1 aliphatic heterocycles. The van der Waals surface area contributed by atoms with E-state index in [-0.39, 0.29) is 0 Å². The summed E-state index contributed by atoms with van der Waals surface area (Å²) in [6.45, 7) is 3.07. The molecule has 106 valence electrons. The molecule has 20 heavy (non-hydrogen) atoms. The summed E-state index contributed by atoms with van der Waals surface area (Å²) in [5.74, 6) is 3.60. The Morgan fingerprint density at radius 1 is 1.15 bits per heavy atom. The fraction of sp³-hybridized carbons (Fsp3) is 0.556. The molecule has 1 atom stereocenters. The minimum absolute atomic E-state index is 0.556. The van der Waals surface area contributed by atoms with Crippen LogP contribution in [0.1, 0.15) is 37.3 Å². The monoisotopic (exact) mass is 268 g/mol. The van der Waals surface area contributed by atoms with Gasteiger partial charge in [-0.25, -0.2) is 0 Å². The van der Waals surface area contributed by atoms with Gasteiger partial charge in [0.2, 0.25) is 0 Å². The SMILES string of the molecule is C#CCN1CCC(NC(c2ccccc2)C2CC2)CC1. The highest BCUT2D eigenvalue weighted by molar-refractivity contribution is 5.21. The maximum atomic E-state index is 5.39. The van der Waals surface area contributed by atoms with Gasteiger partial charge in [0, 0.05) is 25.2 Å². The van der Waals surface area contributed by atoms with Crippen molar-refractivity contribution in [2.45, 2.75) is 37.8 Å². The van der Waals surface area contributed by atoms with Gasteiger partial charge in [-0.2, -0.15) is 0 Å². The summed E-state index contributed by atoms with van der Waals surface area (Å²) in [5, 5.41) is 3.92. The number of likely N-dealkylation sites (tertiary alicyclic amines) is 1. The van der Waals surface area contributed by atoms with Gasteiger partial charge < -0.3 is 5.32 Å². The van der Waals surface area contributed by atoms with Crippen LogP contribution in [0.25, 0.3) is 0 Å². The predicted octanol–water partition coefficient (Wildman–Crippen LogP) is 2.82. The molecule has 0 amide bonds. The Hall–Kier alpha value is -1.30. The van der Waals surface area contributed by atoms with E-state index in [0.29, 0.717) is 12.1 Å². The molecule has 1 saturated heterocycles. The maximum absolute atomic E-state index is 5.39. The number of hydrogen-bond acceptors (Lipinski definition) is 2. The zero-order valence-electron chi connectivity index (χ0n) is 12.1. The molecule has 3 rings (SSSR count). The number of hydrogen-bond donors (Lipinski definition) is 1. The van der Waals surface area contributed by atoms with Gasteiger partial charge in [0.05, 0.1) is 6.54 Å². The van der Waals surface area contributed by atoms with E-state index in [1.807, 2.05) is 0 Å². The van der Waals surface area contributed by atoms with Gasteiger partial charge in [-0.05, 0) is 37.2 Å². The predicted molar refractivity (Wildman–Crippen MR) is 83.3 cm³/mol. The van der Waals surface area contributed by atoms with Crippen LogP contribution in [0.5, 0.6) is 0 Å². The molecule has 2 aliphatic rings. The number of terminal acetylenes is 1. The first kappa shape index (κ1) is 13.7. The van der Waals surface area contributed by atoms with Crippen molar-refractivity contribution in [3.63, 3.8) is 0 Å². The third-order valence-electron chi connectivity index (χ3n) is 4.57. The van der Waals surface area contributed by atoms with Gasteiger partial charge in [0.1, 0.15) is 0 Å². The molecule has 2 heteroatoms. The van der Waals surface area contributed by atoms with Crippen molar-refractivity contribution < 1.29 is 0 Å². The fourth-order valence-electron chi connectivity index (χ4n) is 3.24. The Kier molecular flexibility index (Phi) is 4.40. The lowest BCUT2D eigenvalue weighted by atomic mass is 9.98. The van der Waals surface area contributed by atoms with Crippen LogP contribution in [0.4, 0.5) is 0 Å². The molecule has 1 aromatic carbocycles. The van der Waals surface area contributed by atoms with Crippen LogP contribution in [-0.4, -0.2) is 30.6 Å². The van der Waals surface area contributed by atoms with Crippen LogP contribution in [0.3, 0.4) is 0 Å². The average molecular weight is 268 g/mol. The first-order valence-corrected chi connectivity index (χ1v) is 7.83. The van der Waals surface area contributed by atoms with Crippen molar-refractivity contribution in [3.8, 4) is 12.3 Å². The number of nitrogens with one attached hydrogen (secondary N) is 1. The summed E-state index contributed by atoms with van der Waals surface area (Å²) < 4.78 is 0. The lowest BCUT2D eigenvalue weighted by Gasteiger charge is -2.34. The summed E-state index contributed by atoms with van der Waals surface area (Å²) in [7, 11) is 0. The Balaban J connectivity index is 1.57. The van der Waals surface area contributed by atoms with Crippen LogP contribution in [-0.2, 0) is 0 Å². The van der Waals surface area contributed by atoms with Crippen molar-refractivity contribution in [2.75, 3.05) is 19.6 Å². The minimum Gasteiger partial charge on any atom is -0.307 e. The van der Waals surface area contributed by atoms with Crippen molar-refractivity contribution in [2.24, 2.45) is 5.92 Å². The molecule has 0 radical (unpaired) electrons. The summed E-state index contributed by atoms with van der Waals surface area (Å²) in [6, 6.07) is 12.2. The molecular formula is C18H24N2. The van der Waals surface area contributed by atoms with Crippen molar-refractivity contribution in [1.82, 2.24) is 10.2 Å². The van der Waals surface area contributed by atoms with Gasteiger partial charge in [-0.15, -0.1) is 6.42 Å². The van der Waals surface area contributed by atoms with Crippen LogP contribution in [0.15, 0.2) is 30.3 Å². The zero-order valence-corrected chi connectivity index (χ0v) is 12.1. The third-order valence-corrected chi connectivity index (χ3v) is 4.57. The van der Waals surface area contributed by atoms with Gasteiger partial charge in [0.25, 0.3) is 0 Å². The van der Waals surface area contributed by atoms with Crippen molar-refractivity contribution in [1.29, 1.82) is 0 Å². The number of rotatable bonds is 5. The standard InChI is InChI=1S/C18H24N2/c1-2-12-20-13-10-17(11-14-20)19-18(16-8-9-16)15-6-4-3-5-7-15/h1,3-7,16-19H,8-14H2. The minimum atomic E-state index is 0.556. The van der Waals surface area contributed by atoms with Gasteiger partial charge >= 0.3 is 0 Å². The van der Waals surface area contributed by atoms with E-state index < -0.39 is 0 Å². The smallest absolute Gasteiger partial charge is 0.0598 e. The summed E-state index contributed by atoms with van der Waals surface area (Å²) in [5.41, 5.74) is 1.46. The summed E-state index contributed by atoms with van der Waals surface area (Å²) in [4.78, 5) is 2.38. The molecule has 1 unspecified atom stereocenters. The Bertz CT molecular complexity index is 450. The molecule has 1 aromatic rings. The lowest BCUT2D eigenvalue weighted by Crippen LogP contribution is -2.44. The highest BCUT2D eigenvalue weighted by Gasteiger charge is 2.34. The van der Waals surface area contributed by atoms with Crippen LogP contribution in [0, 0.1) is 18.3 Å². The fourth-order valence-corrected chi connectivity index (χ4v) is 3.24. The second-order valence-electron chi connectivity index (χ2n) is 6.15. The van der Waals surface area contributed by atoms with Crippen molar-refractivity contribution in [3.05, 3.63) is 35.9 Å². The van der Waals surface area contributed by atoms with E-state index >= 15 is 0 Å². The Morgan fingerprint density at radius 2 is 1.85 bits per heavy atom. The van der Waals surface area contributed by atoms with Crippen LogP contribution >= 0.6 is 0 Å². The number of benzene rings is 1. The Morgan fingerprint density at radius 3 is 2.45 bits per heavy atom. The molecular weight excluding hydrogens is 244 g/mol. The molecule has 0 bridgehead atoms. The molecule has 2 nitrogen and oxygen atoms in total. The molecule has 1 aliphatic carbocycles. The second-order valence-corrected chi connectivity index (χ2v) is 6.15. The van der Waals surface area contributed by atoms with E-state index in [2.05, 4.69) is 46.5 Å². The zero-order chi connectivity index (χ0) is 13.8. The van der Waals surface area contributed by atoms with Gasteiger partial charge in [0.15, 0.2) is 0 Å². The average Bonchev–Trinajstić information content (AvgIpc) is 3.32. The molecule has 0 aromatic heterocycles. The first-order chi connectivity index (χ1) is 9.86. The third kappa shape index (κ3) is 3.42. The second kappa shape index (κ2) is 6.43. The molecule has 1 saturated carbocycles. The summed E-state index contributed by atoms with van der Waals surface area (Å²) >= 11 is 0. The first-order valence-electron chi connectivity index (χ1n) is 7.83. The van der Waals surface area contributed by atoms with Gasteiger partial charge in [-0.1, -0.05) is 36.3 Å². The number of nitrogens with zero attached hydrogens (tertiary/aromatic N) is 1. The van der Waals surface area contributed by atoms with Gasteiger partial charge in [-0.3, -0.25) is 4.90 Å².